The van der Waals surface area contributed by atoms with Crippen molar-refractivity contribution in [3.05, 3.63) is 53.1 Å². The molecule has 0 aliphatic heterocycles. The van der Waals surface area contributed by atoms with Crippen LogP contribution in [0.3, 0.4) is 0 Å². The van der Waals surface area contributed by atoms with Gasteiger partial charge in [-0.1, -0.05) is 19.1 Å². The van der Waals surface area contributed by atoms with E-state index in [4.69, 9.17) is 4.74 Å². The van der Waals surface area contributed by atoms with Crippen molar-refractivity contribution < 1.29 is 19.7 Å². The summed E-state index contributed by atoms with van der Waals surface area (Å²) in [7, 11) is 1.60. The molecule has 4 aliphatic rings. The van der Waals surface area contributed by atoms with Crippen LogP contribution < -0.4 is 4.74 Å². The molecule has 0 atom stereocenters. The van der Waals surface area contributed by atoms with Crippen LogP contribution in [0.2, 0.25) is 0 Å². The first kappa shape index (κ1) is 21.1. The highest BCUT2D eigenvalue weighted by molar-refractivity contribution is 5.93. The Morgan fingerprint density at radius 3 is 2.19 bits per heavy atom. The lowest BCUT2D eigenvalue weighted by Gasteiger charge is -2.57. The molecule has 0 saturated heterocycles. The number of hydrogen-bond acceptors (Lipinski definition) is 3. The highest BCUT2D eigenvalue weighted by Crippen LogP contribution is 2.62. The van der Waals surface area contributed by atoms with Crippen LogP contribution in [0.1, 0.15) is 63.0 Å². The van der Waals surface area contributed by atoms with Gasteiger partial charge in [0.1, 0.15) is 11.5 Å². The van der Waals surface area contributed by atoms with Crippen LogP contribution in [0.5, 0.6) is 11.5 Å². The van der Waals surface area contributed by atoms with Gasteiger partial charge in [-0.15, -0.1) is 0 Å². The molecule has 0 heterocycles. The van der Waals surface area contributed by atoms with Gasteiger partial charge in [0.25, 0.3) is 0 Å². The third kappa shape index (κ3) is 3.60. The monoisotopic (exact) mass is 432 g/mol. The molecule has 6 rings (SSSR count). The number of phenols is 1. The predicted molar refractivity (Wildman–Crippen MR) is 126 cm³/mol. The van der Waals surface area contributed by atoms with Gasteiger partial charge in [0.15, 0.2) is 0 Å². The van der Waals surface area contributed by atoms with E-state index >= 15 is 0 Å². The van der Waals surface area contributed by atoms with E-state index in [1.807, 2.05) is 37.3 Å². The number of carboxylic acids is 1. The van der Waals surface area contributed by atoms with Crippen molar-refractivity contribution in [2.45, 2.75) is 57.3 Å². The second-order valence-corrected chi connectivity index (χ2v) is 10.2. The van der Waals surface area contributed by atoms with Crippen molar-refractivity contribution in [3.8, 4) is 22.6 Å². The molecule has 4 saturated carbocycles. The summed E-state index contributed by atoms with van der Waals surface area (Å²) in [4.78, 5) is 11.5. The predicted octanol–water partition coefficient (Wildman–Crippen LogP) is 6.41. The van der Waals surface area contributed by atoms with Gasteiger partial charge in [-0.2, -0.15) is 0 Å². The van der Waals surface area contributed by atoms with Crippen molar-refractivity contribution in [2.75, 3.05) is 7.11 Å². The third-order valence-corrected chi connectivity index (χ3v) is 8.15. The van der Waals surface area contributed by atoms with E-state index in [-0.39, 0.29) is 5.41 Å². The van der Waals surface area contributed by atoms with Gasteiger partial charge in [0, 0.05) is 16.7 Å². The number of ether oxygens (including phenoxy) is 1. The Balaban J connectivity index is 1.56. The van der Waals surface area contributed by atoms with E-state index in [1.54, 1.807) is 13.2 Å². The van der Waals surface area contributed by atoms with Gasteiger partial charge in [0.05, 0.1) is 7.11 Å². The molecular formula is C28H32O4. The minimum absolute atomic E-state index is 0.114. The van der Waals surface area contributed by atoms with E-state index < -0.39 is 5.97 Å². The lowest BCUT2D eigenvalue weighted by Crippen LogP contribution is -2.48. The summed E-state index contributed by atoms with van der Waals surface area (Å²) in [6, 6.07) is 11.9. The van der Waals surface area contributed by atoms with E-state index in [0.717, 1.165) is 40.0 Å². The molecular weight excluding hydrogens is 400 g/mol. The van der Waals surface area contributed by atoms with Gasteiger partial charge in [-0.3, -0.25) is 0 Å². The number of aromatic hydroxyl groups is 1. The van der Waals surface area contributed by atoms with Gasteiger partial charge < -0.3 is 14.9 Å². The van der Waals surface area contributed by atoms with Crippen LogP contribution >= 0.6 is 0 Å². The maximum atomic E-state index is 11.5. The first-order valence-corrected chi connectivity index (χ1v) is 11.9. The SMILES string of the molecule is CCC(=Cc1cc(-c2ccc(O)c(C34CC5CC(CC(C5)C3)C4)c2)ccc1OC)C(=O)O. The molecule has 2 N–H and O–H groups in total. The van der Waals surface area contributed by atoms with Crippen molar-refractivity contribution in [1.82, 2.24) is 0 Å². The smallest absolute Gasteiger partial charge is 0.331 e. The van der Waals surface area contributed by atoms with E-state index in [2.05, 4.69) is 6.07 Å². The largest absolute Gasteiger partial charge is 0.508 e. The Morgan fingerprint density at radius 2 is 1.62 bits per heavy atom. The molecule has 0 spiro atoms. The Hall–Kier alpha value is -2.75. The van der Waals surface area contributed by atoms with Crippen molar-refractivity contribution in [3.63, 3.8) is 0 Å². The number of methoxy groups -OCH3 is 1. The molecule has 0 radical (unpaired) electrons. The number of carboxylic acid groups (broad SMARTS) is 1. The van der Waals surface area contributed by atoms with Crippen LogP contribution in [-0.2, 0) is 10.2 Å². The third-order valence-electron chi connectivity index (χ3n) is 8.15. The average Bonchev–Trinajstić information content (AvgIpc) is 2.76. The summed E-state index contributed by atoms with van der Waals surface area (Å²) in [6.07, 6.45) is 9.86. The quantitative estimate of drug-likeness (QED) is 0.517. The summed E-state index contributed by atoms with van der Waals surface area (Å²) in [5, 5.41) is 20.4. The number of benzene rings is 2. The number of phenolic OH excluding ortho intramolecular Hbond substituents is 1. The van der Waals surface area contributed by atoms with Crippen LogP contribution in [-0.4, -0.2) is 23.3 Å². The fraction of sp³-hybridized carbons (Fsp3) is 0.464. The molecule has 0 unspecified atom stereocenters. The molecule has 4 fully saturated rings. The highest BCUT2D eigenvalue weighted by Gasteiger charge is 2.52. The molecule has 2 aromatic rings. The minimum atomic E-state index is -0.909. The lowest BCUT2D eigenvalue weighted by atomic mass is 9.48. The summed E-state index contributed by atoms with van der Waals surface area (Å²) < 4.78 is 5.49. The van der Waals surface area contributed by atoms with Crippen LogP contribution in [0.25, 0.3) is 17.2 Å². The Labute approximate surface area is 189 Å². The van der Waals surface area contributed by atoms with Crippen LogP contribution in [0.15, 0.2) is 42.0 Å². The van der Waals surface area contributed by atoms with E-state index in [0.29, 0.717) is 23.5 Å². The number of carbonyl (C=O) groups is 1. The van der Waals surface area contributed by atoms with Crippen molar-refractivity contribution in [1.29, 1.82) is 0 Å². The molecule has 4 heteroatoms. The molecule has 0 aromatic heterocycles. The standard InChI is InChI=1S/C28H32O4/c1-3-20(27(30)31)11-23-12-21(5-7-26(23)32-2)22-4-6-25(29)24(13-22)28-14-17-8-18(15-28)10-19(9-17)16-28/h4-7,11-13,17-19,29H,3,8-10,14-16H2,1-2H3,(H,30,31). The van der Waals surface area contributed by atoms with Gasteiger partial charge in [-0.05, 0) is 110 Å². The zero-order valence-electron chi connectivity index (χ0n) is 18.9. The average molecular weight is 433 g/mol. The molecule has 4 nitrogen and oxygen atoms in total. The maximum absolute atomic E-state index is 11.5. The highest BCUT2D eigenvalue weighted by atomic mass is 16.5. The second kappa shape index (κ2) is 7.99. The molecule has 168 valence electrons. The Morgan fingerprint density at radius 1 is 1.03 bits per heavy atom. The van der Waals surface area contributed by atoms with Gasteiger partial charge in [0.2, 0.25) is 0 Å². The number of rotatable bonds is 6. The van der Waals surface area contributed by atoms with Crippen molar-refractivity contribution >= 4 is 12.0 Å². The second-order valence-electron chi connectivity index (χ2n) is 10.2. The van der Waals surface area contributed by atoms with Crippen LogP contribution in [0.4, 0.5) is 0 Å². The van der Waals surface area contributed by atoms with E-state index in [9.17, 15) is 15.0 Å². The molecule has 32 heavy (non-hydrogen) atoms. The van der Waals surface area contributed by atoms with Crippen molar-refractivity contribution in [2.24, 2.45) is 17.8 Å². The summed E-state index contributed by atoms with van der Waals surface area (Å²) in [6.45, 7) is 1.84. The Bertz CT molecular complexity index is 1050. The van der Waals surface area contributed by atoms with E-state index in [1.165, 1.54) is 38.5 Å². The minimum Gasteiger partial charge on any atom is -0.508 e. The van der Waals surface area contributed by atoms with Gasteiger partial charge >= 0.3 is 5.97 Å². The molecule has 4 aliphatic carbocycles. The fourth-order valence-electron chi connectivity index (χ4n) is 7.11. The zero-order chi connectivity index (χ0) is 22.5. The summed E-state index contributed by atoms with van der Waals surface area (Å²) >= 11 is 0. The topological polar surface area (TPSA) is 66.8 Å². The lowest BCUT2D eigenvalue weighted by molar-refractivity contribution is -0.132. The zero-order valence-corrected chi connectivity index (χ0v) is 18.9. The summed E-state index contributed by atoms with van der Waals surface area (Å²) in [5.74, 6) is 2.60. The Kier molecular flexibility index (Phi) is 5.27. The normalized spacial score (nSPS) is 28.7. The summed E-state index contributed by atoms with van der Waals surface area (Å²) in [5.41, 5.74) is 4.39. The number of hydrogen-bond donors (Lipinski definition) is 2. The first-order chi connectivity index (χ1) is 15.4. The maximum Gasteiger partial charge on any atom is 0.331 e. The first-order valence-electron chi connectivity index (χ1n) is 11.9. The molecule has 0 amide bonds. The fourth-order valence-corrected chi connectivity index (χ4v) is 7.11. The van der Waals surface area contributed by atoms with Gasteiger partial charge in [-0.25, -0.2) is 4.79 Å². The molecule has 4 bridgehead atoms. The molecule has 2 aromatic carbocycles. The van der Waals surface area contributed by atoms with Crippen LogP contribution in [0, 0.1) is 17.8 Å². The number of aliphatic carboxylic acids is 1.